The topological polar surface area (TPSA) is 21.3 Å². The second-order valence-electron chi connectivity index (χ2n) is 5.46. The van der Waals surface area contributed by atoms with Crippen molar-refractivity contribution in [1.29, 1.82) is 0 Å². The van der Waals surface area contributed by atoms with E-state index in [1.165, 1.54) is 25.7 Å². The highest BCUT2D eigenvalue weighted by atomic mass is 16.5. The van der Waals surface area contributed by atoms with E-state index in [4.69, 9.17) is 4.74 Å². The van der Waals surface area contributed by atoms with E-state index in [0.29, 0.717) is 12.1 Å². The van der Waals surface area contributed by atoms with Gasteiger partial charge in [0.2, 0.25) is 0 Å². The Balaban J connectivity index is 2.18. The smallest absolute Gasteiger partial charge is 0.0580 e. The average Bonchev–Trinajstić information content (AvgIpc) is 2.19. The second kappa shape index (κ2) is 7.29. The van der Waals surface area contributed by atoms with Gasteiger partial charge in [-0.1, -0.05) is 20.8 Å². The number of hydrogen-bond acceptors (Lipinski definition) is 2. The molecule has 0 radical (unpaired) electrons. The largest absolute Gasteiger partial charge is 0.378 e. The fraction of sp³-hybridized carbons (Fsp3) is 1.00. The van der Waals surface area contributed by atoms with Gasteiger partial charge in [-0.2, -0.15) is 0 Å². The van der Waals surface area contributed by atoms with Crippen LogP contribution in [0.2, 0.25) is 0 Å². The molecule has 1 atom stereocenters. The maximum atomic E-state index is 5.61. The Morgan fingerprint density at radius 2 is 1.94 bits per heavy atom. The van der Waals surface area contributed by atoms with Crippen LogP contribution in [0.1, 0.15) is 53.4 Å². The molecular weight excluding hydrogens is 198 g/mol. The van der Waals surface area contributed by atoms with Crippen LogP contribution in [0.25, 0.3) is 0 Å². The van der Waals surface area contributed by atoms with Gasteiger partial charge in [-0.15, -0.1) is 0 Å². The maximum absolute atomic E-state index is 5.61. The molecule has 96 valence electrons. The van der Waals surface area contributed by atoms with Gasteiger partial charge in [0.1, 0.15) is 0 Å². The normalized spacial score (nSPS) is 26.8. The monoisotopic (exact) mass is 227 g/mol. The van der Waals surface area contributed by atoms with Crippen molar-refractivity contribution in [3.8, 4) is 0 Å². The van der Waals surface area contributed by atoms with E-state index in [-0.39, 0.29) is 0 Å². The van der Waals surface area contributed by atoms with Crippen molar-refractivity contribution in [1.82, 2.24) is 5.32 Å². The minimum atomic E-state index is 0.564. The number of nitrogens with one attached hydrogen (secondary N) is 1. The number of ether oxygens (including phenoxy) is 1. The minimum Gasteiger partial charge on any atom is -0.378 e. The van der Waals surface area contributed by atoms with Gasteiger partial charge < -0.3 is 10.1 Å². The molecule has 1 unspecified atom stereocenters. The Labute approximate surface area is 101 Å². The van der Waals surface area contributed by atoms with Crippen LogP contribution in [0, 0.1) is 11.8 Å². The lowest BCUT2D eigenvalue weighted by Crippen LogP contribution is -2.40. The molecule has 0 bridgehead atoms. The summed E-state index contributed by atoms with van der Waals surface area (Å²) in [6.07, 6.45) is 5.70. The Morgan fingerprint density at radius 3 is 2.44 bits per heavy atom. The van der Waals surface area contributed by atoms with Crippen molar-refractivity contribution in [3.63, 3.8) is 0 Å². The van der Waals surface area contributed by atoms with E-state index in [9.17, 15) is 0 Å². The van der Waals surface area contributed by atoms with Crippen LogP contribution in [0.4, 0.5) is 0 Å². The van der Waals surface area contributed by atoms with Gasteiger partial charge in [-0.25, -0.2) is 0 Å². The van der Waals surface area contributed by atoms with E-state index < -0.39 is 0 Å². The van der Waals surface area contributed by atoms with Gasteiger partial charge >= 0.3 is 0 Å². The average molecular weight is 227 g/mol. The third-order valence-electron chi connectivity index (χ3n) is 3.64. The van der Waals surface area contributed by atoms with Crippen LogP contribution in [0.3, 0.4) is 0 Å². The van der Waals surface area contributed by atoms with Crippen LogP contribution in [-0.4, -0.2) is 25.3 Å². The van der Waals surface area contributed by atoms with Gasteiger partial charge in [0.15, 0.2) is 0 Å². The zero-order chi connectivity index (χ0) is 12.0. The molecule has 16 heavy (non-hydrogen) atoms. The molecule has 0 heterocycles. The molecule has 1 N–H and O–H groups in total. The predicted octanol–water partition coefficient (Wildman–Crippen LogP) is 3.22. The van der Waals surface area contributed by atoms with E-state index in [2.05, 4.69) is 33.0 Å². The van der Waals surface area contributed by atoms with Gasteiger partial charge in [0, 0.05) is 12.6 Å². The summed E-state index contributed by atoms with van der Waals surface area (Å²) in [5, 5.41) is 3.67. The fourth-order valence-corrected chi connectivity index (χ4v) is 2.52. The van der Waals surface area contributed by atoms with Crippen molar-refractivity contribution in [2.75, 3.05) is 13.2 Å². The van der Waals surface area contributed by atoms with Gasteiger partial charge in [-0.05, 0) is 51.0 Å². The molecule has 0 saturated heterocycles. The van der Waals surface area contributed by atoms with Gasteiger partial charge in [0.25, 0.3) is 0 Å². The molecule has 2 heteroatoms. The fourth-order valence-electron chi connectivity index (χ4n) is 2.52. The summed E-state index contributed by atoms with van der Waals surface area (Å²) in [5.74, 6) is 1.64. The molecule has 0 aliphatic heterocycles. The molecule has 2 nitrogen and oxygen atoms in total. The molecule has 1 aliphatic carbocycles. The third-order valence-corrected chi connectivity index (χ3v) is 3.64. The maximum Gasteiger partial charge on any atom is 0.0580 e. The first kappa shape index (κ1) is 14.0. The minimum absolute atomic E-state index is 0.564. The molecule has 1 saturated carbocycles. The second-order valence-corrected chi connectivity index (χ2v) is 5.46. The SMILES string of the molecule is CCCNC(CC1CC(OCC)C1)C(C)C. The van der Waals surface area contributed by atoms with Crippen molar-refractivity contribution < 1.29 is 4.74 Å². The lowest BCUT2D eigenvalue weighted by Gasteiger charge is -2.38. The Morgan fingerprint density at radius 1 is 1.25 bits per heavy atom. The predicted molar refractivity (Wildman–Crippen MR) is 69.7 cm³/mol. The summed E-state index contributed by atoms with van der Waals surface area (Å²) in [6, 6.07) is 0.701. The molecular formula is C14H29NO. The van der Waals surface area contributed by atoms with Crippen LogP contribution < -0.4 is 5.32 Å². The summed E-state index contributed by atoms with van der Waals surface area (Å²) in [6.45, 7) is 11.0. The lowest BCUT2D eigenvalue weighted by molar-refractivity contribution is -0.0302. The van der Waals surface area contributed by atoms with Gasteiger partial charge in [-0.3, -0.25) is 0 Å². The Hall–Kier alpha value is -0.0800. The van der Waals surface area contributed by atoms with E-state index >= 15 is 0 Å². The molecule has 1 fully saturated rings. The van der Waals surface area contributed by atoms with Gasteiger partial charge in [0.05, 0.1) is 6.10 Å². The summed E-state index contributed by atoms with van der Waals surface area (Å²) in [5.41, 5.74) is 0. The Bertz CT molecular complexity index is 176. The highest BCUT2D eigenvalue weighted by molar-refractivity contribution is 4.85. The molecule has 0 aromatic carbocycles. The third kappa shape index (κ3) is 4.42. The highest BCUT2D eigenvalue weighted by Crippen LogP contribution is 2.34. The molecule has 0 amide bonds. The molecule has 0 spiro atoms. The first-order chi connectivity index (χ1) is 7.67. The standard InChI is InChI=1S/C14H29NO/c1-5-7-15-14(11(3)4)10-12-8-13(9-12)16-6-2/h11-15H,5-10H2,1-4H3. The first-order valence-corrected chi connectivity index (χ1v) is 7.02. The summed E-state index contributed by atoms with van der Waals surface area (Å²) < 4.78 is 5.61. The van der Waals surface area contributed by atoms with Crippen molar-refractivity contribution >= 4 is 0 Å². The van der Waals surface area contributed by atoms with Crippen LogP contribution in [0.5, 0.6) is 0 Å². The quantitative estimate of drug-likeness (QED) is 0.687. The molecule has 0 aromatic heterocycles. The molecule has 1 rings (SSSR count). The van der Waals surface area contributed by atoms with E-state index in [0.717, 1.165) is 25.0 Å². The first-order valence-electron chi connectivity index (χ1n) is 7.02. The lowest BCUT2D eigenvalue weighted by atomic mass is 9.76. The molecule has 1 aliphatic rings. The van der Waals surface area contributed by atoms with Crippen LogP contribution in [-0.2, 0) is 4.74 Å². The zero-order valence-electron chi connectivity index (χ0n) is 11.5. The van der Waals surface area contributed by atoms with Crippen LogP contribution in [0.15, 0.2) is 0 Å². The zero-order valence-corrected chi connectivity index (χ0v) is 11.5. The van der Waals surface area contributed by atoms with E-state index in [1.54, 1.807) is 0 Å². The summed E-state index contributed by atoms with van der Waals surface area (Å²) in [4.78, 5) is 0. The summed E-state index contributed by atoms with van der Waals surface area (Å²) in [7, 11) is 0. The van der Waals surface area contributed by atoms with Crippen molar-refractivity contribution in [2.45, 2.75) is 65.5 Å². The van der Waals surface area contributed by atoms with Crippen LogP contribution >= 0.6 is 0 Å². The molecule has 0 aromatic rings. The summed E-state index contributed by atoms with van der Waals surface area (Å²) >= 11 is 0. The van der Waals surface area contributed by atoms with E-state index in [1.807, 2.05) is 0 Å². The Kier molecular flexibility index (Phi) is 6.37. The van der Waals surface area contributed by atoms with Crippen molar-refractivity contribution in [2.24, 2.45) is 11.8 Å². The number of hydrogen-bond donors (Lipinski definition) is 1. The highest BCUT2D eigenvalue weighted by Gasteiger charge is 2.31. The number of rotatable bonds is 8. The van der Waals surface area contributed by atoms with Crippen molar-refractivity contribution in [3.05, 3.63) is 0 Å².